The molecule has 1 atom stereocenters. The predicted molar refractivity (Wildman–Crippen MR) is 68.5 cm³/mol. The molecule has 1 N–H and O–H groups in total. The summed E-state index contributed by atoms with van der Waals surface area (Å²) in [6, 6.07) is 9.56. The van der Waals surface area contributed by atoms with E-state index in [4.69, 9.17) is 20.9 Å². The summed E-state index contributed by atoms with van der Waals surface area (Å²) >= 11 is 5.96. The lowest BCUT2D eigenvalue weighted by Gasteiger charge is -2.21. The highest BCUT2D eigenvalue weighted by atomic mass is 35.5. The first-order chi connectivity index (χ1) is 8.83. The van der Waals surface area contributed by atoms with Crippen LogP contribution in [-0.2, 0) is 4.74 Å². The summed E-state index contributed by atoms with van der Waals surface area (Å²) in [5.74, 6) is 0.722. The molecule has 0 saturated carbocycles. The van der Waals surface area contributed by atoms with Crippen LogP contribution in [-0.4, -0.2) is 24.9 Å². The Morgan fingerprint density at radius 2 is 2.28 bits per heavy atom. The van der Waals surface area contributed by atoms with Crippen molar-refractivity contribution in [3.8, 4) is 11.3 Å². The van der Waals surface area contributed by atoms with Gasteiger partial charge in [0.05, 0.1) is 19.3 Å². The lowest BCUT2D eigenvalue weighted by atomic mass is 10.1. The molecule has 2 aromatic rings. The van der Waals surface area contributed by atoms with Crippen molar-refractivity contribution in [3.05, 3.63) is 41.0 Å². The third-order valence-electron chi connectivity index (χ3n) is 2.92. The summed E-state index contributed by atoms with van der Waals surface area (Å²) in [4.78, 5) is 0. The summed E-state index contributed by atoms with van der Waals surface area (Å²) < 4.78 is 10.8. The molecule has 1 saturated heterocycles. The maximum Gasteiger partial charge on any atom is 0.167 e. The van der Waals surface area contributed by atoms with Crippen LogP contribution in [0.5, 0.6) is 0 Å². The van der Waals surface area contributed by atoms with E-state index in [1.54, 1.807) is 0 Å². The minimum Gasteiger partial charge on any atom is -0.378 e. The third kappa shape index (κ3) is 2.41. The fourth-order valence-corrected chi connectivity index (χ4v) is 2.18. The normalized spacial score (nSPS) is 19.9. The molecular weight excluding hydrogens is 252 g/mol. The quantitative estimate of drug-likeness (QED) is 0.906. The second-order valence-corrected chi connectivity index (χ2v) is 4.64. The van der Waals surface area contributed by atoms with Gasteiger partial charge in [0.2, 0.25) is 0 Å². The number of halogens is 1. The Labute approximate surface area is 110 Å². The zero-order chi connectivity index (χ0) is 12.4. The summed E-state index contributed by atoms with van der Waals surface area (Å²) in [6.45, 7) is 2.21. The lowest BCUT2D eigenvalue weighted by molar-refractivity contribution is 0.0745. The highest BCUT2D eigenvalue weighted by Gasteiger charge is 2.19. The summed E-state index contributed by atoms with van der Waals surface area (Å²) in [5, 5.41) is 8.11. The Kier molecular flexibility index (Phi) is 3.32. The Balaban J connectivity index is 1.84. The smallest absolute Gasteiger partial charge is 0.167 e. The van der Waals surface area contributed by atoms with Crippen LogP contribution in [0.1, 0.15) is 11.7 Å². The number of rotatable bonds is 2. The van der Waals surface area contributed by atoms with Crippen molar-refractivity contribution in [2.24, 2.45) is 0 Å². The summed E-state index contributed by atoms with van der Waals surface area (Å²) in [7, 11) is 0. The highest BCUT2D eigenvalue weighted by Crippen LogP contribution is 2.25. The van der Waals surface area contributed by atoms with Crippen molar-refractivity contribution in [1.29, 1.82) is 0 Å². The Bertz CT molecular complexity index is 535. The average Bonchev–Trinajstić information content (AvgIpc) is 2.89. The molecule has 5 heteroatoms. The first kappa shape index (κ1) is 11.7. The van der Waals surface area contributed by atoms with Gasteiger partial charge in [-0.2, -0.15) is 0 Å². The van der Waals surface area contributed by atoms with Crippen LogP contribution in [0.4, 0.5) is 0 Å². The molecule has 3 rings (SSSR count). The van der Waals surface area contributed by atoms with Crippen LogP contribution in [0.15, 0.2) is 34.9 Å². The van der Waals surface area contributed by atoms with E-state index in [9.17, 15) is 0 Å². The number of morpholine rings is 1. The predicted octanol–water partition coefficient (Wildman–Crippen LogP) is 2.66. The minimum absolute atomic E-state index is 0.107. The summed E-state index contributed by atoms with van der Waals surface area (Å²) in [6.07, 6.45) is 0. The summed E-state index contributed by atoms with van der Waals surface area (Å²) in [5.41, 5.74) is 1.79. The van der Waals surface area contributed by atoms with Crippen molar-refractivity contribution in [3.63, 3.8) is 0 Å². The van der Waals surface area contributed by atoms with E-state index in [0.717, 1.165) is 30.2 Å². The number of aromatic nitrogens is 1. The average molecular weight is 265 g/mol. The van der Waals surface area contributed by atoms with E-state index < -0.39 is 0 Å². The lowest BCUT2D eigenvalue weighted by Crippen LogP contribution is -2.34. The van der Waals surface area contributed by atoms with Gasteiger partial charge < -0.3 is 14.6 Å². The molecule has 1 aliphatic heterocycles. The topological polar surface area (TPSA) is 47.3 Å². The second kappa shape index (κ2) is 5.10. The second-order valence-electron chi connectivity index (χ2n) is 4.21. The van der Waals surface area contributed by atoms with Crippen LogP contribution < -0.4 is 5.32 Å². The fraction of sp³-hybridized carbons (Fsp3) is 0.308. The monoisotopic (exact) mass is 264 g/mol. The van der Waals surface area contributed by atoms with E-state index in [0.29, 0.717) is 11.6 Å². The van der Waals surface area contributed by atoms with E-state index >= 15 is 0 Å². The van der Waals surface area contributed by atoms with E-state index in [1.165, 1.54) is 0 Å². The Morgan fingerprint density at radius 1 is 1.33 bits per heavy atom. The standard InChI is InChI=1S/C13H13ClN2O2/c14-10-3-1-2-9(6-10)13-7-11(16-18-13)12-8-17-5-4-15-12/h1-3,6-7,12,15H,4-5,8H2. The molecule has 1 unspecified atom stereocenters. The molecule has 4 nitrogen and oxygen atoms in total. The first-order valence-electron chi connectivity index (χ1n) is 5.86. The number of nitrogens with one attached hydrogen (secondary N) is 1. The van der Waals surface area contributed by atoms with Crippen molar-refractivity contribution in [2.75, 3.05) is 19.8 Å². The molecule has 0 aliphatic carbocycles. The first-order valence-corrected chi connectivity index (χ1v) is 6.24. The molecule has 1 fully saturated rings. The van der Waals surface area contributed by atoms with E-state index in [2.05, 4.69) is 10.5 Å². The number of benzene rings is 1. The molecule has 1 aromatic heterocycles. The van der Waals surface area contributed by atoms with Gasteiger partial charge in [0, 0.05) is 23.2 Å². The molecular formula is C13H13ClN2O2. The van der Waals surface area contributed by atoms with Crippen molar-refractivity contribution in [1.82, 2.24) is 10.5 Å². The molecule has 1 aliphatic rings. The van der Waals surface area contributed by atoms with Gasteiger partial charge >= 0.3 is 0 Å². The molecule has 94 valence electrons. The van der Waals surface area contributed by atoms with Crippen molar-refractivity contribution < 1.29 is 9.26 Å². The molecule has 0 amide bonds. The number of ether oxygens (including phenoxy) is 1. The van der Waals surface area contributed by atoms with Gasteiger partial charge in [-0.3, -0.25) is 0 Å². The van der Waals surface area contributed by atoms with Crippen molar-refractivity contribution in [2.45, 2.75) is 6.04 Å². The maximum atomic E-state index is 5.96. The molecule has 0 radical (unpaired) electrons. The van der Waals surface area contributed by atoms with Gasteiger partial charge in [-0.25, -0.2) is 0 Å². The maximum absolute atomic E-state index is 5.96. The fourth-order valence-electron chi connectivity index (χ4n) is 1.99. The Hall–Kier alpha value is -1.36. The number of hydrogen-bond donors (Lipinski definition) is 1. The number of hydrogen-bond acceptors (Lipinski definition) is 4. The van der Waals surface area contributed by atoms with Gasteiger partial charge in [0.1, 0.15) is 5.69 Å². The highest BCUT2D eigenvalue weighted by molar-refractivity contribution is 6.30. The molecule has 0 spiro atoms. The zero-order valence-electron chi connectivity index (χ0n) is 9.73. The van der Waals surface area contributed by atoms with Crippen LogP contribution in [0.2, 0.25) is 5.02 Å². The van der Waals surface area contributed by atoms with E-state index in [1.807, 2.05) is 30.3 Å². The van der Waals surface area contributed by atoms with E-state index in [-0.39, 0.29) is 6.04 Å². The number of nitrogens with zero attached hydrogens (tertiary/aromatic N) is 1. The zero-order valence-corrected chi connectivity index (χ0v) is 10.5. The molecule has 2 heterocycles. The molecule has 18 heavy (non-hydrogen) atoms. The third-order valence-corrected chi connectivity index (χ3v) is 3.15. The van der Waals surface area contributed by atoms with Crippen LogP contribution >= 0.6 is 11.6 Å². The van der Waals surface area contributed by atoms with Crippen molar-refractivity contribution >= 4 is 11.6 Å². The minimum atomic E-state index is 0.107. The van der Waals surface area contributed by atoms with Gasteiger partial charge in [0.15, 0.2) is 5.76 Å². The molecule has 0 bridgehead atoms. The van der Waals surface area contributed by atoms with Gasteiger partial charge in [-0.15, -0.1) is 0 Å². The van der Waals surface area contributed by atoms with Gasteiger partial charge in [-0.05, 0) is 12.1 Å². The van der Waals surface area contributed by atoms with Crippen LogP contribution in [0, 0.1) is 0 Å². The largest absolute Gasteiger partial charge is 0.378 e. The Morgan fingerprint density at radius 3 is 3.06 bits per heavy atom. The SMILES string of the molecule is Clc1cccc(-c2cc(C3COCCN3)no2)c1. The van der Waals surface area contributed by atoms with Crippen LogP contribution in [0.3, 0.4) is 0 Å². The molecule has 1 aromatic carbocycles. The van der Waals surface area contributed by atoms with Gasteiger partial charge in [-0.1, -0.05) is 28.9 Å². The van der Waals surface area contributed by atoms with Crippen LogP contribution in [0.25, 0.3) is 11.3 Å². The van der Waals surface area contributed by atoms with Gasteiger partial charge in [0.25, 0.3) is 0 Å².